The summed E-state index contributed by atoms with van der Waals surface area (Å²) in [6.45, 7) is 0.0718. The second kappa shape index (κ2) is 4.75. The number of halogens is 1. The summed E-state index contributed by atoms with van der Waals surface area (Å²) in [5, 5.41) is 12.0. The molecule has 1 aromatic rings. The van der Waals surface area contributed by atoms with Crippen molar-refractivity contribution in [1.29, 1.82) is 0 Å². The van der Waals surface area contributed by atoms with Crippen molar-refractivity contribution in [2.75, 3.05) is 20.7 Å². The van der Waals surface area contributed by atoms with Gasteiger partial charge in [0.15, 0.2) is 17.3 Å². The summed E-state index contributed by atoms with van der Waals surface area (Å²) in [7, 11) is 2.90. The lowest BCUT2D eigenvalue weighted by Crippen LogP contribution is -2.18. The highest BCUT2D eigenvalue weighted by molar-refractivity contribution is 6.00. The number of carbonyl (C=O) groups is 1. The minimum atomic E-state index is -0.698. The fraction of sp³-hybridized carbons (Fsp3) is 0.300. The van der Waals surface area contributed by atoms with Crippen LogP contribution in [-0.4, -0.2) is 31.6 Å². The largest absolute Gasteiger partial charge is 0.507 e. The molecule has 1 aromatic carbocycles. The highest BCUT2D eigenvalue weighted by Crippen LogP contribution is 2.26. The van der Waals surface area contributed by atoms with Crippen molar-refractivity contribution in [2.45, 2.75) is 0 Å². The first kappa shape index (κ1) is 11.5. The predicted molar refractivity (Wildman–Crippen MR) is 52.9 cm³/mol. The number of benzene rings is 1. The van der Waals surface area contributed by atoms with Crippen LogP contribution in [-0.2, 0) is 0 Å². The quantitative estimate of drug-likeness (QED) is 0.731. The Labute approximate surface area is 86.7 Å². The maximum atomic E-state index is 13.1. The minimum absolute atomic E-state index is 0.0441. The summed E-state index contributed by atoms with van der Waals surface area (Å²) >= 11 is 0. The number of phenolic OH excluding ortho intramolecular Hbond substituents is 1. The molecular formula is C10H12FNO3. The number of nitrogens with one attached hydrogen (secondary N) is 1. The molecule has 0 saturated carbocycles. The van der Waals surface area contributed by atoms with Gasteiger partial charge in [-0.25, -0.2) is 4.39 Å². The number of hydrogen-bond donors (Lipinski definition) is 2. The Balaban J connectivity index is 3.12. The van der Waals surface area contributed by atoms with Gasteiger partial charge in [-0.3, -0.25) is 4.79 Å². The lowest BCUT2D eigenvalue weighted by atomic mass is 10.1. The molecule has 0 radical (unpaired) electrons. The van der Waals surface area contributed by atoms with Gasteiger partial charge in [0.2, 0.25) is 0 Å². The van der Waals surface area contributed by atoms with Crippen molar-refractivity contribution < 1.29 is 19.0 Å². The summed E-state index contributed by atoms with van der Waals surface area (Å²) in [5.74, 6) is -1.47. The first-order valence-electron chi connectivity index (χ1n) is 4.34. The molecule has 1 rings (SSSR count). The molecular weight excluding hydrogens is 201 g/mol. The van der Waals surface area contributed by atoms with E-state index < -0.39 is 5.82 Å². The average molecular weight is 213 g/mol. The molecule has 15 heavy (non-hydrogen) atoms. The minimum Gasteiger partial charge on any atom is -0.507 e. The lowest BCUT2D eigenvalue weighted by molar-refractivity contribution is 0.0990. The summed E-state index contributed by atoms with van der Waals surface area (Å²) in [6, 6.07) is 2.05. The number of Topliss-reactive ketones (excluding diaryl/α,β-unsaturated/α-hetero) is 1. The zero-order chi connectivity index (χ0) is 11.4. The van der Waals surface area contributed by atoms with E-state index in [0.717, 1.165) is 6.07 Å². The van der Waals surface area contributed by atoms with Crippen LogP contribution in [0.5, 0.6) is 11.5 Å². The molecule has 4 nitrogen and oxygen atoms in total. The molecule has 0 heterocycles. The van der Waals surface area contributed by atoms with Gasteiger partial charge >= 0.3 is 0 Å². The number of aromatic hydroxyl groups is 1. The molecule has 0 spiro atoms. The SMILES string of the molecule is CNCC(=O)c1cc(OC)c(F)cc1O. The lowest BCUT2D eigenvalue weighted by Gasteiger charge is -2.07. The normalized spacial score (nSPS) is 10.1. The Bertz CT molecular complexity index is 379. The van der Waals surface area contributed by atoms with Gasteiger partial charge in [0.1, 0.15) is 5.75 Å². The van der Waals surface area contributed by atoms with Gasteiger partial charge in [-0.2, -0.15) is 0 Å². The van der Waals surface area contributed by atoms with E-state index in [1.165, 1.54) is 13.2 Å². The highest BCUT2D eigenvalue weighted by atomic mass is 19.1. The average Bonchev–Trinajstić information content (AvgIpc) is 2.18. The fourth-order valence-electron chi connectivity index (χ4n) is 1.18. The molecule has 0 saturated heterocycles. The van der Waals surface area contributed by atoms with Crippen molar-refractivity contribution in [2.24, 2.45) is 0 Å². The van der Waals surface area contributed by atoms with Crippen molar-refractivity contribution >= 4 is 5.78 Å². The van der Waals surface area contributed by atoms with Gasteiger partial charge < -0.3 is 15.2 Å². The molecule has 2 N–H and O–H groups in total. The number of methoxy groups -OCH3 is 1. The monoisotopic (exact) mass is 213 g/mol. The molecule has 5 heteroatoms. The molecule has 0 aliphatic heterocycles. The maximum Gasteiger partial charge on any atom is 0.180 e. The third kappa shape index (κ3) is 2.44. The van der Waals surface area contributed by atoms with Crippen LogP contribution in [0.15, 0.2) is 12.1 Å². The fourth-order valence-corrected chi connectivity index (χ4v) is 1.18. The number of phenols is 1. The molecule has 82 valence electrons. The van der Waals surface area contributed by atoms with Crippen molar-refractivity contribution in [3.63, 3.8) is 0 Å². The van der Waals surface area contributed by atoms with E-state index in [-0.39, 0.29) is 29.4 Å². The maximum absolute atomic E-state index is 13.1. The van der Waals surface area contributed by atoms with Crippen LogP contribution < -0.4 is 10.1 Å². The number of rotatable bonds is 4. The van der Waals surface area contributed by atoms with Crippen molar-refractivity contribution in [3.05, 3.63) is 23.5 Å². The van der Waals surface area contributed by atoms with Crippen LogP contribution in [0.25, 0.3) is 0 Å². The smallest absolute Gasteiger partial charge is 0.180 e. The molecule has 0 aliphatic rings. The van der Waals surface area contributed by atoms with E-state index >= 15 is 0 Å². The molecule has 0 aromatic heterocycles. The first-order valence-corrected chi connectivity index (χ1v) is 4.34. The molecule has 0 atom stereocenters. The van der Waals surface area contributed by atoms with Gasteiger partial charge in [-0.15, -0.1) is 0 Å². The number of hydrogen-bond acceptors (Lipinski definition) is 4. The summed E-state index contributed by atoms with van der Waals surface area (Å²) in [4.78, 5) is 11.4. The van der Waals surface area contributed by atoms with E-state index in [1.54, 1.807) is 7.05 Å². The first-order chi connectivity index (χ1) is 7.10. The highest BCUT2D eigenvalue weighted by Gasteiger charge is 2.15. The van der Waals surface area contributed by atoms with E-state index in [4.69, 9.17) is 4.74 Å². The second-order valence-electron chi connectivity index (χ2n) is 2.96. The number of ether oxygens (including phenoxy) is 1. The summed E-state index contributed by atoms with van der Waals surface area (Å²) < 4.78 is 17.8. The molecule has 0 fully saturated rings. The Kier molecular flexibility index (Phi) is 3.62. The van der Waals surface area contributed by atoms with Crippen LogP contribution in [0.2, 0.25) is 0 Å². The zero-order valence-electron chi connectivity index (χ0n) is 8.50. The van der Waals surface area contributed by atoms with Gasteiger partial charge in [0.05, 0.1) is 19.2 Å². The number of ketones is 1. The molecule has 0 aliphatic carbocycles. The van der Waals surface area contributed by atoms with Crippen LogP contribution >= 0.6 is 0 Å². The van der Waals surface area contributed by atoms with Crippen LogP contribution in [0, 0.1) is 5.82 Å². The topological polar surface area (TPSA) is 58.6 Å². The third-order valence-electron chi connectivity index (χ3n) is 1.91. The van der Waals surface area contributed by atoms with Crippen LogP contribution in [0.4, 0.5) is 4.39 Å². The predicted octanol–water partition coefficient (Wildman–Crippen LogP) is 0.942. The molecule has 0 unspecified atom stereocenters. The van der Waals surface area contributed by atoms with E-state index in [2.05, 4.69) is 5.32 Å². The van der Waals surface area contributed by atoms with Gasteiger partial charge in [0.25, 0.3) is 0 Å². The Morgan fingerprint density at radius 1 is 1.60 bits per heavy atom. The van der Waals surface area contributed by atoms with E-state index in [1.807, 2.05) is 0 Å². The van der Waals surface area contributed by atoms with Gasteiger partial charge in [-0.05, 0) is 13.1 Å². The van der Waals surface area contributed by atoms with E-state index in [0.29, 0.717) is 0 Å². The van der Waals surface area contributed by atoms with Crippen LogP contribution in [0.3, 0.4) is 0 Å². The van der Waals surface area contributed by atoms with Crippen LogP contribution in [0.1, 0.15) is 10.4 Å². The molecule has 0 amide bonds. The number of likely N-dealkylation sites (N-methyl/N-ethyl adjacent to an activating group) is 1. The Hall–Kier alpha value is -1.62. The second-order valence-corrected chi connectivity index (χ2v) is 2.96. The number of carbonyl (C=O) groups excluding carboxylic acids is 1. The zero-order valence-corrected chi connectivity index (χ0v) is 8.50. The van der Waals surface area contributed by atoms with Gasteiger partial charge in [-0.1, -0.05) is 0 Å². The summed E-state index contributed by atoms with van der Waals surface area (Å²) in [6.07, 6.45) is 0. The Morgan fingerprint density at radius 3 is 2.80 bits per heavy atom. The molecule has 0 bridgehead atoms. The Morgan fingerprint density at radius 2 is 2.27 bits per heavy atom. The van der Waals surface area contributed by atoms with Crippen molar-refractivity contribution in [3.8, 4) is 11.5 Å². The third-order valence-corrected chi connectivity index (χ3v) is 1.91. The van der Waals surface area contributed by atoms with E-state index in [9.17, 15) is 14.3 Å². The van der Waals surface area contributed by atoms with Crippen molar-refractivity contribution in [1.82, 2.24) is 5.32 Å². The van der Waals surface area contributed by atoms with Gasteiger partial charge in [0, 0.05) is 6.07 Å². The standard InChI is InChI=1S/C10H12FNO3/c1-12-5-9(14)6-3-10(15-2)7(11)4-8(6)13/h3-4,12-13H,5H2,1-2H3. The summed E-state index contributed by atoms with van der Waals surface area (Å²) in [5.41, 5.74) is 0.0441.